The molecule has 0 radical (unpaired) electrons. The van der Waals surface area contributed by atoms with Gasteiger partial charge in [-0.2, -0.15) is 0 Å². The summed E-state index contributed by atoms with van der Waals surface area (Å²) in [5.74, 6) is 0. The summed E-state index contributed by atoms with van der Waals surface area (Å²) in [5, 5.41) is 15.7. The molecule has 0 atom stereocenters. The summed E-state index contributed by atoms with van der Waals surface area (Å²) in [6.45, 7) is 0. The van der Waals surface area contributed by atoms with E-state index in [2.05, 4.69) is 121 Å². The first-order chi connectivity index (χ1) is 21.3. The van der Waals surface area contributed by atoms with E-state index in [0.29, 0.717) is 0 Å². The van der Waals surface area contributed by atoms with E-state index < -0.39 is 0 Å². The lowest BCUT2D eigenvalue weighted by atomic mass is 9.94. The Labute approximate surface area is 243 Å². The van der Waals surface area contributed by atoms with E-state index in [4.69, 9.17) is 13.3 Å². The van der Waals surface area contributed by atoms with Gasteiger partial charge in [-0.1, -0.05) is 109 Å². The Morgan fingerprint density at radius 1 is 0.256 bits per heavy atom. The molecule has 3 nitrogen and oxygen atoms in total. The van der Waals surface area contributed by atoms with Crippen molar-refractivity contribution in [2.45, 2.75) is 0 Å². The normalized spacial score (nSPS) is 12.7. The predicted molar refractivity (Wildman–Crippen MR) is 178 cm³/mol. The molecule has 3 aromatic heterocycles. The summed E-state index contributed by atoms with van der Waals surface area (Å²) in [6, 6.07) is 42.8. The van der Waals surface area contributed by atoms with Gasteiger partial charge < -0.3 is 13.3 Å². The first kappa shape index (κ1) is 21.9. The zero-order valence-corrected chi connectivity index (χ0v) is 22.8. The predicted octanol–water partition coefficient (Wildman–Crippen LogP) is 12.0. The lowest BCUT2D eigenvalue weighted by Crippen LogP contribution is -1.80. The van der Waals surface area contributed by atoms with Crippen molar-refractivity contribution in [1.29, 1.82) is 0 Å². The number of fused-ring (bicyclic) bond motifs is 21. The highest BCUT2D eigenvalue weighted by atomic mass is 16.4. The largest absolute Gasteiger partial charge is 0.452 e. The monoisotopic (exact) mass is 548 g/mol. The van der Waals surface area contributed by atoms with Crippen LogP contribution >= 0.6 is 0 Å². The van der Waals surface area contributed by atoms with Crippen molar-refractivity contribution in [2.75, 3.05) is 0 Å². The molecule has 8 aromatic carbocycles. The Bertz CT molecular complexity index is 2980. The van der Waals surface area contributed by atoms with Crippen LogP contribution in [-0.4, -0.2) is 0 Å². The van der Waals surface area contributed by atoms with Crippen LogP contribution in [0.3, 0.4) is 0 Å². The molecular weight excluding hydrogens is 528 g/mol. The topological polar surface area (TPSA) is 39.4 Å². The van der Waals surface area contributed by atoms with E-state index in [1.165, 1.54) is 10.8 Å². The molecule has 11 rings (SSSR count). The van der Waals surface area contributed by atoms with E-state index in [9.17, 15) is 0 Å². The number of rotatable bonds is 0. The second-order valence-electron chi connectivity index (χ2n) is 11.5. The van der Waals surface area contributed by atoms with Gasteiger partial charge in [-0.25, -0.2) is 0 Å². The van der Waals surface area contributed by atoms with Crippen LogP contribution in [0.2, 0.25) is 0 Å². The van der Waals surface area contributed by atoms with E-state index in [0.717, 1.165) is 98.1 Å². The molecule has 43 heavy (non-hydrogen) atoms. The van der Waals surface area contributed by atoms with Gasteiger partial charge in [-0.05, 0) is 49.8 Å². The Kier molecular flexibility index (Phi) is 3.83. The van der Waals surface area contributed by atoms with Gasteiger partial charge in [-0.15, -0.1) is 0 Å². The molecule has 0 amide bonds. The lowest BCUT2D eigenvalue weighted by Gasteiger charge is -2.05. The van der Waals surface area contributed by atoms with E-state index >= 15 is 0 Å². The molecule has 0 aliphatic carbocycles. The lowest BCUT2D eigenvalue weighted by molar-refractivity contribution is 0.621. The molecule has 0 saturated carbocycles. The Balaban J connectivity index is 1.46. The highest BCUT2D eigenvalue weighted by Gasteiger charge is 2.26. The van der Waals surface area contributed by atoms with Crippen molar-refractivity contribution in [3.05, 3.63) is 121 Å². The summed E-state index contributed by atoms with van der Waals surface area (Å²) < 4.78 is 20.6. The van der Waals surface area contributed by atoms with Crippen molar-refractivity contribution in [1.82, 2.24) is 0 Å². The molecular formula is C40H20O3. The highest BCUT2D eigenvalue weighted by molar-refractivity contribution is 6.42. The first-order valence-electron chi connectivity index (χ1n) is 14.6. The molecule has 0 unspecified atom stereocenters. The summed E-state index contributed by atoms with van der Waals surface area (Å²) in [6.07, 6.45) is 0. The quantitative estimate of drug-likeness (QED) is 0.189. The van der Waals surface area contributed by atoms with Crippen LogP contribution in [-0.2, 0) is 0 Å². The molecule has 0 N–H and O–H groups in total. The zero-order chi connectivity index (χ0) is 27.8. The Hall–Kier alpha value is -5.80. The molecule has 3 heterocycles. The third-order valence-corrected chi connectivity index (χ3v) is 9.41. The average Bonchev–Trinajstić information content (AvgIpc) is 3.77. The molecule has 0 fully saturated rings. The second kappa shape index (κ2) is 7.53. The fraction of sp³-hybridized carbons (Fsp3) is 0. The van der Waals surface area contributed by atoms with Crippen LogP contribution in [0, 0.1) is 0 Å². The van der Waals surface area contributed by atoms with Crippen LogP contribution in [0.15, 0.2) is 135 Å². The molecule has 3 heteroatoms. The second-order valence-corrected chi connectivity index (χ2v) is 11.5. The average molecular weight is 549 g/mol. The minimum Gasteiger partial charge on any atom is -0.452 e. The van der Waals surface area contributed by atoms with Gasteiger partial charge in [0.1, 0.15) is 11.2 Å². The van der Waals surface area contributed by atoms with Crippen molar-refractivity contribution in [3.63, 3.8) is 0 Å². The maximum absolute atomic E-state index is 6.99. The molecule has 0 bridgehead atoms. The van der Waals surface area contributed by atoms with Gasteiger partial charge in [0, 0.05) is 37.7 Å². The third-order valence-electron chi connectivity index (χ3n) is 9.41. The van der Waals surface area contributed by atoms with Crippen LogP contribution in [0.4, 0.5) is 0 Å². The van der Waals surface area contributed by atoms with E-state index in [1.807, 2.05) is 0 Å². The fourth-order valence-electron chi connectivity index (χ4n) is 7.64. The van der Waals surface area contributed by atoms with Gasteiger partial charge in [0.25, 0.3) is 0 Å². The van der Waals surface area contributed by atoms with Gasteiger partial charge >= 0.3 is 0 Å². The summed E-state index contributed by atoms with van der Waals surface area (Å²) in [4.78, 5) is 0. The zero-order valence-electron chi connectivity index (χ0n) is 22.8. The van der Waals surface area contributed by atoms with Crippen molar-refractivity contribution >= 4 is 109 Å². The van der Waals surface area contributed by atoms with Crippen molar-refractivity contribution in [2.24, 2.45) is 0 Å². The number of hydrogen-bond acceptors (Lipinski definition) is 3. The molecule has 0 spiro atoms. The SMILES string of the molecule is c1ccc2c(c1)ccc1c2oc2c3oc4c5oc6ccc7ccccc7c6c5c5ccccc5c4c3c3ccccc3c12. The minimum atomic E-state index is 0.756. The number of benzene rings is 8. The smallest absolute Gasteiger partial charge is 0.179 e. The van der Waals surface area contributed by atoms with E-state index in [-0.39, 0.29) is 0 Å². The van der Waals surface area contributed by atoms with E-state index in [1.54, 1.807) is 0 Å². The molecule has 11 aromatic rings. The Morgan fingerprint density at radius 3 is 1.37 bits per heavy atom. The van der Waals surface area contributed by atoms with Crippen LogP contribution < -0.4 is 0 Å². The van der Waals surface area contributed by atoms with Crippen LogP contribution in [0.1, 0.15) is 0 Å². The molecule has 0 saturated heterocycles. The maximum Gasteiger partial charge on any atom is 0.179 e. The highest BCUT2D eigenvalue weighted by Crippen LogP contribution is 2.51. The standard InChI is InChI=1S/C40H20O3/c1-3-11-23-21(9-1)18-20-30-32(23)33-27-15-7-8-16-28(27)35-34-26-14-6-5-13-25(26)31-29-19-17-22-10-2-4-12-24(22)36(29)42-37(31)39(34)43-40(35)38(33)41-30/h1-20H. The summed E-state index contributed by atoms with van der Waals surface area (Å²) in [7, 11) is 0. The summed E-state index contributed by atoms with van der Waals surface area (Å²) >= 11 is 0. The maximum atomic E-state index is 6.99. The minimum absolute atomic E-state index is 0.756. The summed E-state index contributed by atoms with van der Waals surface area (Å²) in [5.41, 5.74) is 4.80. The molecule has 0 aliphatic rings. The van der Waals surface area contributed by atoms with Gasteiger partial charge in [0.05, 0.1) is 0 Å². The van der Waals surface area contributed by atoms with Gasteiger partial charge in [0.2, 0.25) is 0 Å². The van der Waals surface area contributed by atoms with Crippen molar-refractivity contribution < 1.29 is 13.3 Å². The van der Waals surface area contributed by atoms with Gasteiger partial charge in [-0.3, -0.25) is 0 Å². The fourth-order valence-corrected chi connectivity index (χ4v) is 7.64. The number of hydrogen-bond donors (Lipinski definition) is 0. The number of furan rings is 3. The first-order valence-corrected chi connectivity index (χ1v) is 14.6. The third kappa shape index (κ3) is 2.58. The molecule has 0 aliphatic heterocycles. The van der Waals surface area contributed by atoms with Crippen LogP contribution in [0.5, 0.6) is 0 Å². The van der Waals surface area contributed by atoms with Gasteiger partial charge in [0.15, 0.2) is 22.3 Å². The molecule has 198 valence electrons. The van der Waals surface area contributed by atoms with Crippen molar-refractivity contribution in [3.8, 4) is 0 Å². The van der Waals surface area contributed by atoms with Crippen LogP contribution in [0.25, 0.3) is 109 Å². The Morgan fingerprint density at radius 2 is 0.698 bits per heavy atom.